The molecule has 21 heavy (non-hydrogen) atoms. The highest BCUT2D eigenvalue weighted by molar-refractivity contribution is 9.11. The Labute approximate surface area is 138 Å². The number of hydrogen-bond donors (Lipinski definition) is 3. The second-order valence-corrected chi connectivity index (χ2v) is 5.88. The van der Waals surface area contributed by atoms with Gasteiger partial charge in [-0.2, -0.15) is 5.10 Å². The van der Waals surface area contributed by atoms with Gasteiger partial charge in [0.25, 0.3) is 5.91 Å². The number of aromatic hydroxyl groups is 1. The summed E-state index contributed by atoms with van der Waals surface area (Å²) in [6.07, 6.45) is 1.36. The number of para-hydroxylation sites is 1. The highest BCUT2D eigenvalue weighted by Gasteiger charge is 2.12. The van der Waals surface area contributed by atoms with Crippen LogP contribution in [0, 0.1) is 0 Å². The minimum atomic E-state index is -0.443. The van der Waals surface area contributed by atoms with Crippen LogP contribution in [0.4, 0.5) is 5.69 Å². The fourth-order valence-electron chi connectivity index (χ4n) is 1.59. The van der Waals surface area contributed by atoms with Crippen LogP contribution in [-0.2, 0) is 0 Å². The Morgan fingerprint density at radius 1 is 1.29 bits per heavy atom. The highest BCUT2D eigenvalue weighted by Crippen LogP contribution is 2.28. The third kappa shape index (κ3) is 3.83. The normalized spacial score (nSPS) is 10.8. The fraction of sp³-hybridized carbons (Fsp3) is 0. The minimum Gasteiger partial charge on any atom is -0.507 e. The van der Waals surface area contributed by atoms with Crippen molar-refractivity contribution >= 4 is 49.7 Å². The number of phenols is 1. The van der Waals surface area contributed by atoms with Crippen LogP contribution in [0.1, 0.15) is 15.9 Å². The topological polar surface area (TPSA) is 87.7 Å². The maximum Gasteiger partial charge on any atom is 0.273 e. The number of nitrogens with one attached hydrogen (secondary N) is 1. The quantitative estimate of drug-likeness (QED) is 0.410. The molecular weight excluding hydrogens is 402 g/mol. The van der Waals surface area contributed by atoms with Crippen LogP contribution in [0.5, 0.6) is 5.75 Å². The molecule has 0 aromatic heterocycles. The van der Waals surface area contributed by atoms with E-state index >= 15 is 0 Å². The van der Waals surface area contributed by atoms with E-state index in [0.717, 1.165) is 4.47 Å². The zero-order valence-electron chi connectivity index (χ0n) is 10.7. The molecule has 5 nitrogen and oxygen atoms in total. The summed E-state index contributed by atoms with van der Waals surface area (Å²) in [7, 11) is 0. The monoisotopic (exact) mass is 411 g/mol. The standard InChI is InChI=1S/C14H11Br2N3O2/c15-9-5-10(13(17)11(16)6-9)14(21)19-18-7-8-3-1-2-4-12(8)20/h1-7,20H,17H2,(H,19,21)/b18-7-. The van der Waals surface area contributed by atoms with E-state index in [9.17, 15) is 9.90 Å². The van der Waals surface area contributed by atoms with Crippen molar-refractivity contribution in [3.63, 3.8) is 0 Å². The van der Waals surface area contributed by atoms with Gasteiger partial charge >= 0.3 is 0 Å². The van der Waals surface area contributed by atoms with Crippen molar-refractivity contribution in [2.75, 3.05) is 5.73 Å². The molecule has 0 saturated heterocycles. The number of nitrogens with zero attached hydrogens (tertiary/aromatic N) is 1. The SMILES string of the molecule is Nc1c(Br)cc(Br)cc1C(=O)N/N=C\c1ccccc1O. The molecule has 0 aliphatic carbocycles. The van der Waals surface area contributed by atoms with Crippen molar-refractivity contribution in [1.29, 1.82) is 0 Å². The number of nitrogen functional groups attached to an aromatic ring is 1. The molecule has 108 valence electrons. The predicted molar refractivity (Wildman–Crippen MR) is 89.4 cm³/mol. The molecule has 0 bridgehead atoms. The van der Waals surface area contributed by atoms with Gasteiger partial charge in [-0.3, -0.25) is 4.79 Å². The Kier molecular flexibility index (Phi) is 4.98. The van der Waals surface area contributed by atoms with E-state index < -0.39 is 5.91 Å². The Morgan fingerprint density at radius 2 is 2.00 bits per heavy atom. The van der Waals surface area contributed by atoms with E-state index in [2.05, 4.69) is 42.4 Å². The summed E-state index contributed by atoms with van der Waals surface area (Å²) < 4.78 is 1.34. The van der Waals surface area contributed by atoms with Gasteiger partial charge in [-0.1, -0.05) is 28.1 Å². The predicted octanol–water partition coefficient (Wildman–Crippen LogP) is 3.26. The molecule has 4 N–H and O–H groups in total. The average Bonchev–Trinajstić information content (AvgIpc) is 2.44. The zero-order valence-corrected chi connectivity index (χ0v) is 13.8. The number of carbonyl (C=O) groups excluding carboxylic acids is 1. The van der Waals surface area contributed by atoms with Crippen molar-refractivity contribution in [2.24, 2.45) is 5.10 Å². The molecular formula is C14H11Br2N3O2. The second kappa shape index (κ2) is 6.73. The summed E-state index contributed by atoms with van der Waals surface area (Å²) in [5.41, 5.74) is 9.33. The van der Waals surface area contributed by atoms with Crippen LogP contribution in [0.15, 0.2) is 50.4 Å². The first kappa shape index (κ1) is 15.5. The van der Waals surface area contributed by atoms with E-state index in [0.29, 0.717) is 21.3 Å². The van der Waals surface area contributed by atoms with E-state index in [1.54, 1.807) is 30.3 Å². The van der Waals surface area contributed by atoms with Crippen LogP contribution in [0.2, 0.25) is 0 Å². The van der Waals surface area contributed by atoms with Crippen LogP contribution in [0.25, 0.3) is 0 Å². The molecule has 2 aromatic carbocycles. The molecule has 0 unspecified atom stereocenters. The second-order valence-electron chi connectivity index (χ2n) is 4.11. The van der Waals surface area contributed by atoms with Gasteiger partial charge in [0.2, 0.25) is 0 Å². The molecule has 1 amide bonds. The number of nitrogens with two attached hydrogens (primary N) is 1. The van der Waals surface area contributed by atoms with Gasteiger partial charge in [0.15, 0.2) is 0 Å². The molecule has 0 aliphatic heterocycles. The lowest BCUT2D eigenvalue weighted by Gasteiger charge is -2.07. The first-order valence-corrected chi connectivity index (χ1v) is 7.43. The Morgan fingerprint density at radius 3 is 2.71 bits per heavy atom. The largest absolute Gasteiger partial charge is 0.507 e. The zero-order chi connectivity index (χ0) is 15.4. The Hall–Kier alpha value is -1.86. The molecule has 0 heterocycles. The first-order chi connectivity index (χ1) is 9.99. The van der Waals surface area contributed by atoms with E-state index in [-0.39, 0.29) is 5.75 Å². The highest BCUT2D eigenvalue weighted by atomic mass is 79.9. The van der Waals surface area contributed by atoms with Crippen molar-refractivity contribution in [2.45, 2.75) is 0 Å². The number of halogens is 2. The van der Waals surface area contributed by atoms with Crippen LogP contribution in [0.3, 0.4) is 0 Å². The summed E-state index contributed by atoms with van der Waals surface area (Å²) >= 11 is 6.57. The number of carbonyl (C=O) groups is 1. The van der Waals surface area contributed by atoms with Crippen molar-refractivity contribution in [3.05, 3.63) is 56.5 Å². The number of hydrazone groups is 1. The molecule has 2 rings (SSSR count). The van der Waals surface area contributed by atoms with Crippen LogP contribution < -0.4 is 11.2 Å². The molecule has 0 atom stereocenters. The van der Waals surface area contributed by atoms with Gasteiger partial charge in [-0.05, 0) is 40.2 Å². The number of hydrogen-bond acceptors (Lipinski definition) is 4. The summed E-state index contributed by atoms with van der Waals surface area (Å²) in [5.74, 6) is -0.360. The average molecular weight is 413 g/mol. The third-order valence-electron chi connectivity index (χ3n) is 2.65. The maximum absolute atomic E-state index is 12.0. The van der Waals surface area contributed by atoms with Crippen LogP contribution in [-0.4, -0.2) is 17.2 Å². The molecule has 0 radical (unpaired) electrons. The number of phenolic OH excluding ortho intramolecular Hbond substituents is 1. The molecule has 0 fully saturated rings. The Balaban J connectivity index is 2.14. The van der Waals surface area contributed by atoms with Crippen molar-refractivity contribution < 1.29 is 9.90 Å². The van der Waals surface area contributed by atoms with Gasteiger partial charge < -0.3 is 10.8 Å². The van der Waals surface area contributed by atoms with E-state index in [1.165, 1.54) is 12.3 Å². The van der Waals surface area contributed by atoms with Gasteiger partial charge in [0.05, 0.1) is 17.5 Å². The smallest absolute Gasteiger partial charge is 0.273 e. The molecule has 2 aromatic rings. The first-order valence-electron chi connectivity index (χ1n) is 5.85. The summed E-state index contributed by atoms with van der Waals surface area (Å²) in [6.45, 7) is 0. The van der Waals surface area contributed by atoms with E-state index in [4.69, 9.17) is 5.73 Å². The van der Waals surface area contributed by atoms with Crippen molar-refractivity contribution in [1.82, 2.24) is 5.43 Å². The number of rotatable bonds is 3. The lowest BCUT2D eigenvalue weighted by Crippen LogP contribution is -2.19. The van der Waals surface area contributed by atoms with Gasteiger partial charge in [0, 0.05) is 14.5 Å². The minimum absolute atomic E-state index is 0.0835. The Bertz CT molecular complexity index is 717. The lowest BCUT2D eigenvalue weighted by atomic mass is 10.2. The van der Waals surface area contributed by atoms with Gasteiger partial charge in [0.1, 0.15) is 5.75 Å². The van der Waals surface area contributed by atoms with Crippen LogP contribution >= 0.6 is 31.9 Å². The molecule has 0 aliphatic rings. The molecule has 0 saturated carbocycles. The number of benzene rings is 2. The fourth-order valence-corrected chi connectivity index (χ4v) is 2.82. The number of anilines is 1. The van der Waals surface area contributed by atoms with Gasteiger partial charge in [-0.15, -0.1) is 0 Å². The van der Waals surface area contributed by atoms with Crippen molar-refractivity contribution in [3.8, 4) is 5.75 Å². The molecule has 7 heteroatoms. The lowest BCUT2D eigenvalue weighted by molar-refractivity contribution is 0.0956. The third-order valence-corrected chi connectivity index (χ3v) is 3.76. The summed E-state index contributed by atoms with van der Waals surface area (Å²) in [6, 6.07) is 10.0. The summed E-state index contributed by atoms with van der Waals surface area (Å²) in [4.78, 5) is 12.0. The van der Waals surface area contributed by atoms with E-state index in [1.807, 2.05) is 0 Å². The molecule has 0 spiro atoms. The maximum atomic E-state index is 12.0. The number of amides is 1. The summed E-state index contributed by atoms with van der Waals surface area (Å²) in [5, 5.41) is 13.4. The van der Waals surface area contributed by atoms with Gasteiger partial charge in [-0.25, -0.2) is 5.43 Å².